The number of rotatable bonds is 6. The lowest BCUT2D eigenvalue weighted by Gasteiger charge is -2.17. The first-order chi connectivity index (χ1) is 9.94. The Bertz CT molecular complexity index is 690. The molecular formula is C15H17BrN2O2S. The summed E-state index contributed by atoms with van der Waals surface area (Å²) in [7, 11) is -3.20. The lowest BCUT2D eigenvalue weighted by Crippen LogP contribution is -2.28. The van der Waals surface area contributed by atoms with Crippen molar-refractivity contribution in [1.29, 1.82) is 0 Å². The Kier molecular flexibility index (Phi) is 5.50. The molecule has 0 aliphatic carbocycles. The SMILES string of the molecule is CS(=O)(=O)NCC(Cc1cncc(Br)c1)c1ccccc1. The van der Waals surface area contributed by atoms with Crippen molar-refractivity contribution in [2.24, 2.45) is 0 Å². The highest BCUT2D eigenvalue weighted by atomic mass is 79.9. The van der Waals surface area contributed by atoms with E-state index >= 15 is 0 Å². The van der Waals surface area contributed by atoms with Gasteiger partial charge in [-0.1, -0.05) is 30.3 Å². The number of nitrogens with one attached hydrogen (secondary N) is 1. The molecule has 0 radical (unpaired) electrons. The Labute approximate surface area is 133 Å². The van der Waals surface area contributed by atoms with Crippen molar-refractivity contribution in [1.82, 2.24) is 9.71 Å². The fraction of sp³-hybridized carbons (Fsp3) is 0.267. The van der Waals surface area contributed by atoms with Gasteiger partial charge in [0.2, 0.25) is 10.0 Å². The number of nitrogens with zero attached hydrogens (tertiary/aromatic N) is 1. The first kappa shape index (κ1) is 16.1. The predicted molar refractivity (Wildman–Crippen MR) is 87.7 cm³/mol. The van der Waals surface area contributed by atoms with Crippen LogP contribution in [0.15, 0.2) is 53.3 Å². The predicted octanol–water partition coefficient (Wildman–Crippen LogP) is 2.72. The highest BCUT2D eigenvalue weighted by molar-refractivity contribution is 9.10. The third-order valence-corrected chi connectivity index (χ3v) is 4.23. The molecule has 21 heavy (non-hydrogen) atoms. The highest BCUT2D eigenvalue weighted by Crippen LogP contribution is 2.21. The van der Waals surface area contributed by atoms with Gasteiger partial charge in [0.1, 0.15) is 0 Å². The van der Waals surface area contributed by atoms with E-state index < -0.39 is 10.0 Å². The molecular weight excluding hydrogens is 352 g/mol. The van der Waals surface area contributed by atoms with E-state index in [4.69, 9.17) is 0 Å². The molecule has 1 atom stereocenters. The fourth-order valence-corrected chi connectivity index (χ4v) is 3.05. The zero-order chi connectivity index (χ0) is 15.3. The van der Waals surface area contributed by atoms with Gasteiger partial charge < -0.3 is 0 Å². The van der Waals surface area contributed by atoms with E-state index in [2.05, 4.69) is 25.6 Å². The van der Waals surface area contributed by atoms with Crippen LogP contribution in [0.25, 0.3) is 0 Å². The van der Waals surface area contributed by atoms with Gasteiger partial charge in [0, 0.05) is 29.3 Å². The summed E-state index contributed by atoms with van der Waals surface area (Å²) in [5.41, 5.74) is 2.17. The van der Waals surface area contributed by atoms with Crippen molar-refractivity contribution in [2.45, 2.75) is 12.3 Å². The smallest absolute Gasteiger partial charge is 0.208 e. The number of hydrogen-bond acceptors (Lipinski definition) is 3. The first-order valence-electron chi connectivity index (χ1n) is 6.53. The molecule has 1 heterocycles. The Hall–Kier alpha value is -1.24. The second-order valence-corrected chi connectivity index (χ2v) is 7.69. The van der Waals surface area contributed by atoms with Gasteiger partial charge in [-0.3, -0.25) is 4.98 Å². The molecule has 2 aromatic rings. The maximum Gasteiger partial charge on any atom is 0.208 e. The largest absolute Gasteiger partial charge is 0.263 e. The maximum absolute atomic E-state index is 11.3. The molecule has 0 aliphatic rings. The summed E-state index contributed by atoms with van der Waals surface area (Å²) in [6.45, 7) is 0.370. The minimum absolute atomic E-state index is 0.0667. The normalized spacial score (nSPS) is 13.0. The van der Waals surface area contributed by atoms with Gasteiger partial charge in [-0.25, -0.2) is 13.1 Å². The Morgan fingerprint density at radius 3 is 2.57 bits per heavy atom. The summed E-state index contributed by atoms with van der Waals surface area (Å²) >= 11 is 3.41. The van der Waals surface area contributed by atoms with Crippen LogP contribution in [0, 0.1) is 0 Å². The Balaban J connectivity index is 2.19. The fourth-order valence-electron chi connectivity index (χ4n) is 2.14. The lowest BCUT2D eigenvalue weighted by atomic mass is 9.93. The third-order valence-electron chi connectivity index (χ3n) is 3.11. The number of aromatic nitrogens is 1. The minimum atomic E-state index is -3.20. The third kappa shape index (κ3) is 5.57. The van der Waals surface area contributed by atoms with E-state index in [0.717, 1.165) is 22.0 Å². The van der Waals surface area contributed by atoms with E-state index in [1.807, 2.05) is 36.4 Å². The molecule has 0 aliphatic heterocycles. The van der Waals surface area contributed by atoms with Crippen LogP contribution in [0.1, 0.15) is 17.0 Å². The molecule has 0 saturated carbocycles. The van der Waals surface area contributed by atoms with E-state index in [0.29, 0.717) is 6.54 Å². The van der Waals surface area contributed by atoms with Crippen molar-refractivity contribution < 1.29 is 8.42 Å². The van der Waals surface area contributed by atoms with Crippen molar-refractivity contribution >= 4 is 26.0 Å². The number of halogens is 1. The average molecular weight is 369 g/mol. The first-order valence-corrected chi connectivity index (χ1v) is 9.21. The molecule has 1 N–H and O–H groups in total. The number of pyridine rings is 1. The summed E-state index contributed by atoms with van der Waals surface area (Å²) < 4.78 is 26.2. The molecule has 0 fully saturated rings. The molecule has 6 heteroatoms. The van der Waals surface area contributed by atoms with Gasteiger partial charge in [-0.2, -0.15) is 0 Å². The van der Waals surface area contributed by atoms with Crippen LogP contribution in [0.2, 0.25) is 0 Å². The molecule has 4 nitrogen and oxygen atoms in total. The lowest BCUT2D eigenvalue weighted by molar-refractivity contribution is 0.574. The number of sulfonamides is 1. The summed E-state index contributed by atoms with van der Waals surface area (Å²) in [6.07, 6.45) is 5.44. The van der Waals surface area contributed by atoms with E-state index in [1.165, 1.54) is 6.26 Å². The Morgan fingerprint density at radius 1 is 1.24 bits per heavy atom. The van der Waals surface area contributed by atoms with Crippen LogP contribution in [0.4, 0.5) is 0 Å². The van der Waals surface area contributed by atoms with E-state index in [-0.39, 0.29) is 5.92 Å². The molecule has 0 spiro atoms. The van der Waals surface area contributed by atoms with Gasteiger partial charge in [0.05, 0.1) is 6.26 Å². The topological polar surface area (TPSA) is 59.1 Å². The second kappa shape index (κ2) is 7.15. The summed E-state index contributed by atoms with van der Waals surface area (Å²) in [5, 5.41) is 0. The molecule has 1 aromatic carbocycles. The highest BCUT2D eigenvalue weighted by Gasteiger charge is 2.15. The van der Waals surface area contributed by atoms with Gasteiger partial charge >= 0.3 is 0 Å². The monoisotopic (exact) mass is 368 g/mol. The Morgan fingerprint density at radius 2 is 1.95 bits per heavy atom. The summed E-state index contributed by atoms with van der Waals surface area (Å²) in [5.74, 6) is 0.0667. The standard InChI is InChI=1S/C15H17BrN2O2S/c1-21(19,20)18-10-14(13-5-3-2-4-6-13)7-12-8-15(16)11-17-9-12/h2-6,8-9,11,14,18H,7,10H2,1H3. The van der Waals surface area contributed by atoms with Crippen LogP contribution in [0.3, 0.4) is 0 Å². The van der Waals surface area contributed by atoms with Gasteiger partial charge in [-0.15, -0.1) is 0 Å². The second-order valence-electron chi connectivity index (χ2n) is 4.94. The zero-order valence-electron chi connectivity index (χ0n) is 11.7. The number of hydrogen-bond donors (Lipinski definition) is 1. The van der Waals surface area contributed by atoms with Crippen molar-refractivity contribution in [3.8, 4) is 0 Å². The average Bonchev–Trinajstić information content (AvgIpc) is 2.43. The summed E-state index contributed by atoms with van der Waals surface area (Å²) in [4.78, 5) is 4.15. The van der Waals surface area contributed by atoms with Gasteiger partial charge in [-0.05, 0) is 39.5 Å². The van der Waals surface area contributed by atoms with Crippen molar-refractivity contribution in [3.05, 3.63) is 64.4 Å². The maximum atomic E-state index is 11.3. The minimum Gasteiger partial charge on any atom is -0.263 e. The van der Waals surface area contributed by atoms with E-state index in [1.54, 1.807) is 12.4 Å². The quantitative estimate of drug-likeness (QED) is 0.852. The van der Waals surface area contributed by atoms with Gasteiger partial charge in [0.25, 0.3) is 0 Å². The van der Waals surface area contributed by atoms with Crippen LogP contribution < -0.4 is 4.72 Å². The molecule has 112 valence electrons. The van der Waals surface area contributed by atoms with Crippen molar-refractivity contribution in [2.75, 3.05) is 12.8 Å². The van der Waals surface area contributed by atoms with Crippen LogP contribution in [-0.4, -0.2) is 26.2 Å². The molecule has 0 bridgehead atoms. The molecule has 1 unspecified atom stereocenters. The van der Waals surface area contributed by atoms with Crippen LogP contribution >= 0.6 is 15.9 Å². The van der Waals surface area contributed by atoms with Gasteiger partial charge in [0.15, 0.2) is 0 Å². The molecule has 0 saturated heterocycles. The summed E-state index contributed by atoms with van der Waals surface area (Å²) in [6, 6.07) is 11.9. The van der Waals surface area contributed by atoms with Crippen LogP contribution in [-0.2, 0) is 16.4 Å². The van der Waals surface area contributed by atoms with Crippen molar-refractivity contribution in [3.63, 3.8) is 0 Å². The zero-order valence-corrected chi connectivity index (χ0v) is 14.1. The molecule has 2 rings (SSSR count). The number of benzene rings is 1. The molecule has 0 amide bonds. The molecule has 1 aromatic heterocycles. The van der Waals surface area contributed by atoms with Crippen LogP contribution in [0.5, 0.6) is 0 Å². The van der Waals surface area contributed by atoms with E-state index in [9.17, 15) is 8.42 Å².